The van der Waals surface area contributed by atoms with E-state index in [1.54, 1.807) is 6.92 Å². The molecule has 0 fully saturated rings. The summed E-state index contributed by atoms with van der Waals surface area (Å²) in [6, 6.07) is 12.9. The molecule has 3 rings (SSSR count). The molecule has 59 heavy (non-hydrogen) atoms. The van der Waals surface area contributed by atoms with Crippen LogP contribution >= 0.6 is 0 Å². The van der Waals surface area contributed by atoms with Crippen molar-refractivity contribution in [1.29, 1.82) is 0 Å². The highest BCUT2D eigenvalue weighted by Gasteiger charge is 2.34. The van der Waals surface area contributed by atoms with Gasteiger partial charge in [-0.2, -0.15) is 0 Å². The Morgan fingerprint density at radius 1 is 0.593 bits per heavy atom. The molecule has 17 nitrogen and oxygen atoms in total. The zero-order chi connectivity index (χ0) is 43.5. The SMILES string of the molecule is CC[C@H](C)[C@H](NC(=O)[C@@H](N)Cc1ccccc1)C(=O)N[C@@H](Cc1ccc(O)cc1)C(=O)N[C@@H](CO)C(=O)N[C@@H](Cc1ccc(O)cc1)C(=O)N[C@@H](CCCCN)C(=O)O. The number of carbonyl (C=O) groups is 6. The zero-order valence-corrected chi connectivity index (χ0v) is 33.3. The highest BCUT2D eigenvalue weighted by molar-refractivity contribution is 5.96. The third kappa shape index (κ3) is 15.7. The van der Waals surface area contributed by atoms with E-state index in [0.717, 1.165) is 5.56 Å². The lowest BCUT2D eigenvalue weighted by molar-refractivity contribution is -0.142. The first-order valence-electron chi connectivity index (χ1n) is 19.6. The van der Waals surface area contributed by atoms with E-state index < -0.39 is 84.3 Å². The lowest BCUT2D eigenvalue weighted by Gasteiger charge is -2.28. The quantitative estimate of drug-likeness (QED) is 0.0538. The highest BCUT2D eigenvalue weighted by atomic mass is 16.4. The molecule has 7 atom stereocenters. The Morgan fingerprint density at radius 2 is 1.05 bits per heavy atom. The molecule has 13 N–H and O–H groups in total. The average Bonchev–Trinajstić information content (AvgIpc) is 3.22. The Labute approximate surface area is 343 Å². The maximum absolute atomic E-state index is 14.0. The van der Waals surface area contributed by atoms with E-state index >= 15 is 0 Å². The Balaban J connectivity index is 1.84. The van der Waals surface area contributed by atoms with Crippen LogP contribution in [-0.4, -0.2) is 105 Å². The monoisotopic (exact) mass is 819 g/mol. The third-order valence-electron chi connectivity index (χ3n) is 9.82. The van der Waals surface area contributed by atoms with Crippen molar-refractivity contribution < 1.29 is 49.2 Å². The van der Waals surface area contributed by atoms with Crippen LogP contribution in [0.15, 0.2) is 78.9 Å². The number of aliphatic hydroxyl groups excluding tert-OH is 1. The Kier molecular flexibility index (Phi) is 19.3. The fraction of sp³-hybridized carbons (Fsp3) is 0.429. The molecule has 3 aromatic carbocycles. The van der Waals surface area contributed by atoms with Gasteiger partial charge in [0.2, 0.25) is 29.5 Å². The molecule has 0 aliphatic heterocycles. The number of aromatic hydroxyl groups is 2. The van der Waals surface area contributed by atoms with Gasteiger partial charge in [-0.3, -0.25) is 24.0 Å². The van der Waals surface area contributed by atoms with E-state index in [4.69, 9.17) is 11.5 Å². The molecule has 0 saturated carbocycles. The molecule has 0 radical (unpaired) electrons. The predicted molar refractivity (Wildman–Crippen MR) is 218 cm³/mol. The van der Waals surface area contributed by atoms with Gasteiger partial charge in [-0.15, -0.1) is 0 Å². The average molecular weight is 820 g/mol. The molecule has 0 aliphatic rings. The normalized spacial score (nSPS) is 14.6. The molecule has 0 aliphatic carbocycles. The minimum Gasteiger partial charge on any atom is -0.508 e. The van der Waals surface area contributed by atoms with Crippen LogP contribution in [0, 0.1) is 5.92 Å². The molecule has 0 bridgehead atoms. The van der Waals surface area contributed by atoms with Gasteiger partial charge in [0.25, 0.3) is 0 Å². The predicted octanol–water partition coefficient (Wildman–Crippen LogP) is 0.129. The van der Waals surface area contributed by atoms with Gasteiger partial charge in [-0.25, -0.2) is 4.79 Å². The lowest BCUT2D eigenvalue weighted by Crippen LogP contribution is -2.61. The number of nitrogens with one attached hydrogen (secondary N) is 5. The fourth-order valence-electron chi connectivity index (χ4n) is 6.10. The van der Waals surface area contributed by atoms with Crippen LogP contribution in [-0.2, 0) is 48.0 Å². The number of aliphatic hydroxyl groups is 1. The number of unbranched alkanes of at least 4 members (excludes halogenated alkanes) is 1. The summed E-state index contributed by atoms with van der Waals surface area (Å²) in [5.41, 5.74) is 13.6. The summed E-state index contributed by atoms with van der Waals surface area (Å²) < 4.78 is 0. The summed E-state index contributed by atoms with van der Waals surface area (Å²) in [7, 11) is 0. The van der Waals surface area contributed by atoms with E-state index in [-0.39, 0.29) is 37.2 Å². The number of phenolic OH excluding ortho intramolecular Hbond substituents is 2. The van der Waals surface area contributed by atoms with Crippen molar-refractivity contribution in [2.45, 2.75) is 95.0 Å². The number of amides is 5. The number of phenols is 2. The number of benzene rings is 3. The van der Waals surface area contributed by atoms with Crippen LogP contribution in [0.3, 0.4) is 0 Å². The van der Waals surface area contributed by atoms with Crippen molar-refractivity contribution >= 4 is 35.5 Å². The smallest absolute Gasteiger partial charge is 0.326 e. The number of nitrogens with two attached hydrogens (primary N) is 2. The molecule has 17 heteroatoms. The van der Waals surface area contributed by atoms with Gasteiger partial charge in [-0.1, -0.05) is 74.9 Å². The first-order valence-corrected chi connectivity index (χ1v) is 19.6. The van der Waals surface area contributed by atoms with Gasteiger partial charge in [0.15, 0.2) is 0 Å². The van der Waals surface area contributed by atoms with Crippen molar-refractivity contribution in [3.8, 4) is 11.5 Å². The van der Waals surface area contributed by atoms with Crippen LogP contribution in [0.5, 0.6) is 11.5 Å². The molecular formula is C42H57N7O10. The first-order chi connectivity index (χ1) is 28.1. The van der Waals surface area contributed by atoms with Crippen molar-refractivity contribution in [3.63, 3.8) is 0 Å². The summed E-state index contributed by atoms with van der Waals surface area (Å²) in [5.74, 6) is -5.84. The molecule has 3 aromatic rings. The summed E-state index contributed by atoms with van der Waals surface area (Å²) in [5, 5.41) is 52.4. The van der Waals surface area contributed by atoms with Gasteiger partial charge >= 0.3 is 5.97 Å². The van der Waals surface area contributed by atoms with E-state index in [1.165, 1.54) is 48.5 Å². The number of hydrogen-bond acceptors (Lipinski definition) is 11. The van der Waals surface area contributed by atoms with E-state index in [9.17, 15) is 49.2 Å². The van der Waals surface area contributed by atoms with Crippen molar-refractivity contribution in [1.82, 2.24) is 26.6 Å². The summed E-state index contributed by atoms with van der Waals surface area (Å²) >= 11 is 0. The van der Waals surface area contributed by atoms with Crippen molar-refractivity contribution in [2.75, 3.05) is 13.2 Å². The number of carbonyl (C=O) groups excluding carboxylic acids is 5. The Morgan fingerprint density at radius 3 is 1.53 bits per heavy atom. The van der Waals surface area contributed by atoms with E-state index in [1.807, 2.05) is 37.3 Å². The Hall–Kier alpha value is -6.04. The van der Waals surface area contributed by atoms with Crippen LogP contribution in [0.2, 0.25) is 0 Å². The maximum Gasteiger partial charge on any atom is 0.326 e. The van der Waals surface area contributed by atoms with Gasteiger partial charge in [0.1, 0.15) is 41.7 Å². The number of carboxylic acids is 1. The topological polar surface area (TPSA) is 296 Å². The summed E-state index contributed by atoms with van der Waals surface area (Å²) in [4.78, 5) is 80.3. The molecule has 5 amide bonds. The standard InChI is InChI=1S/C42H57N7O10/c1-3-25(2)36(49-37(53)31(44)21-26-9-5-4-6-10-26)41(57)47-34(23-28-14-18-30(52)19-15-28)39(55)48-35(24-50)40(56)46-33(22-27-12-16-29(51)17-13-27)38(54)45-32(42(58)59)11-7-8-20-43/h4-6,9-10,12-19,25,31-36,50-52H,3,7-8,11,20-24,43-44H2,1-2H3,(H,45,54)(H,46,56)(H,47,57)(H,48,55)(H,49,53)(H,58,59)/t25-,31-,32-,33-,34-,35-,36-/m0/s1. The molecule has 320 valence electrons. The second kappa shape index (κ2) is 24.0. The van der Waals surface area contributed by atoms with Gasteiger partial charge in [0, 0.05) is 12.8 Å². The van der Waals surface area contributed by atoms with Crippen LogP contribution in [0.1, 0.15) is 56.2 Å². The zero-order valence-electron chi connectivity index (χ0n) is 33.3. The second-order valence-electron chi connectivity index (χ2n) is 14.5. The molecule has 0 heterocycles. The largest absolute Gasteiger partial charge is 0.508 e. The van der Waals surface area contributed by atoms with Crippen LogP contribution in [0.25, 0.3) is 0 Å². The van der Waals surface area contributed by atoms with Crippen molar-refractivity contribution in [3.05, 3.63) is 95.6 Å². The van der Waals surface area contributed by atoms with Crippen LogP contribution < -0.4 is 38.1 Å². The van der Waals surface area contributed by atoms with Gasteiger partial charge in [0.05, 0.1) is 12.6 Å². The van der Waals surface area contributed by atoms with Crippen molar-refractivity contribution in [2.24, 2.45) is 17.4 Å². The fourth-order valence-corrected chi connectivity index (χ4v) is 6.10. The van der Waals surface area contributed by atoms with E-state index in [0.29, 0.717) is 36.9 Å². The molecule has 0 spiro atoms. The van der Waals surface area contributed by atoms with Gasteiger partial charge < -0.3 is 58.5 Å². The first kappa shape index (κ1) is 47.3. The number of hydrogen-bond donors (Lipinski definition) is 11. The lowest BCUT2D eigenvalue weighted by atomic mass is 9.96. The second-order valence-corrected chi connectivity index (χ2v) is 14.5. The number of aliphatic carboxylic acids is 1. The molecule has 0 unspecified atom stereocenters. The molecule has 0 saturated heterocycles. The Bertz CT molecular complexity index is 1830. The third-order valence-corrected chi connectivity index (χ3v) is 9.82. The molecule has 0 aromatic heterocycles. The summed E-state index contributed by atoms with van der Waals surface area (Å²) in [6.07, 6.45) is 1.39. The maximum atomic E-state index is 14.0. The minimum absolute atomic E-state index is 0.0432. The minimum atomic E-state index is -1.65. The van der Waals surface area contributed by atoms with Crippen LogP contribution in [0.4, 0.5) is 0 Å². The molecular weight excluding hydrogens is 763 g/mol. The summed E-state index contributed by atoms with van der Waals surface area (Å²) in [6.45, 7) is 2.96. The highest BCUT2D eigenvalue weighted by Crippen LogP contribution is 2.15. The number of rotatable bonds is 24. The van der Waals surface area contributed by atoms with E-state index in [2.05, 4.69) is 26.6 Å². The number of carboxylic acid groups (broad SMARTS) is 1. The van der Waals surface area contributed by atoms with Gasteiger partial charge in [-0.05, 0) is 79.1 Å².